The van der Waals surface area contributed by atoms with Crippen molar-refractivity contribution in [3.8, 4) is 0 Å². The third-order valence-corrected chi connectivity index (χ3v) is 5.42. The minimum atomic E-state index is -1.26. The summed E-state index contributed by atoms with van der Waals surface area (Å²) in [7, 11) is 1.58. The van der Waals surface area contributed by atoms with Crippen molar-refractivity contribution in [3.63, 3.8) is 0 Å². The van der Waals surface area contributed by atoms with Gasteiger partial charge in [-0.1, -0.05) is 48.5 Å². The number of carboxylic acid groups (broad SMARTS) is 2. The van der Waals surface area contributed by atoms with E-state index in [0.29, 0.717) is 12.2 Å². The number of nitrogens with zero attached hydrogens (tertiary/aromatic N) is 2. The van der Waals surface area contributed by atoms with Crippen LogP contribution < -0.4 is 4.90 Å². The smallest absolute Gasteiger partial charge is 0.328 e. The van der Waals surface area contributed by atoms with Crippen molar-refractivity contribution in [2.24, 2.45) is 0 Å². The van der Waals surface area contributed by atoms with E-state index in [1.54, 1.807) is 7.11 Å². The van der Waals surface area contributed by atoms with Crippen LogP contribution in [0.4, 0.5) is 5.69 Å². The maximum absolute atomic E-state index is 12.6. The van der Waals surface area contributed by atoms with Crippen molar-refractivity contribution < 1.29 is 29.3 Å². The number of anilines is 1. The highest BCUT2D eigenvalue weighted by Gasteiger charge is 2.28. The molecule has 1 aliphatic heterocycles. The van der Waals surface area contributed by atoms with Crippen LogP contribution in [0.15, 0.2) is 72.8 Å². The maximum atomic E-state index is 12.6. The number of ether oxygens (including phenoxy) is 1. The third-order valence-electron chi connectivity index (χ3n) is 5.42. The quantitative estimate of drug-likeness (QED) is 0.545. The van der Waals surface area contributed by atoms with Crippen molar-refractivity contribution in [1.82, 2.24) is 4.90 Å². The maximum Gasteiger partial charge on any atom is 0.328 e. The Balaban J connectivity index is 0.000000440. The van der Waals surface area contributed by atoms with Crippen molar-refractivity contribution in [3.05, 3.63) is 78.4 Å². The molecule has 0 atom stereocenters. The average molecular weight is 469 g/mol. The van der Waals surface area contributed by atoms with Crippen molar-refractivity contribution in [2.45, 2.75) is 25.3 Å². The predicted octanol–water partition coefficient (Wildman–Crippen LogP) is 3.08. The first-order chi connectivity index (χ1) is 16.4. The standard InChI is InChI=1S/C22H28N2O2.C4H4O4/c1-26-18-22(25)24(20-10-6-3-7-11-20)21-13-16-23(17-14-21)15-12-19-8-4-2-5-9-19;5-3(6)1-2-4(7)8/h2-11,21H,12-18H2,1H3;1-2H,(H,5,6)(H,7,8)/b;2-1+. The minimum Gasteiger partial charge on any atom is -0.478 e. The molecular weight excluding hydrogens is 436 g/mol. The highest BCUT2D eigenvalue weighted by atomic mass is 16.5. The van der Waals surface area contributed by atoms with Gasteiger partial charge in [-0.2, -0.15) is 0 Å². The first-order valence-corrected chi connectivity index (χ1v) is 11.2. The van der Waals surface area contributed by atoms with Crippen molar-refractivity contribution >= 4 is 23.5 Å². The predicted molar refractivity (Wildman–Crippen MR) is 130 cm³/mol. The van der Waals surface area contributed by atoms with Gasteiger partial charge in [0.2, 0.25) is 0 Å². The molecule has 3 rings (SSSR count). The number of carbonyl (C=O) groups is 3. The van der Waals surface area contributed by atoms with Crippen molar-refractivity contribution in [2.75, 3.05) is 38.3 Å². The van der Waals surface area contributed by atoms with Gasteiger partial charge in [-0.05, 0) is 37.0 Å². The van der Waals surface area contributed by atoms with E-state index < -0.39 is 11.9 Å². The number of methoxy groups -OCH3 is 1. The number of rotatable bonds is 9. The van der Waals surface area contributed by atoms with E-state index in [0.717, 1.165) is 44.6 Å². The van der Waals surface area contributed by atoms with E-state index in [2.05, 4.69) is 35.2 Å². The zero-order chi connectivity index (χ0) is 24.8. The normalized spacial score (nSPS) is 14.3. The largest absolute Gasteiger partial charge is 0.478 e. The number of piperidine rings is 1. The number of carbonyl (C=O) groups excluding carboxylic acids is 1. The van der Waals surface area contributed by atoms with E-state index in [-0.39, 0.29) is 18.6 Å². The fraction of sp³-hybridized carbons (Fsp3) is 0.346. The second-order valence-corrected chi connectivity index (χ2v) is 7.85. The molecule has 0 aliphatic carbocycles. The highest BCUT2D eigenvalue weighted by molar-refractivity contribution is 5.94. The number of hydrogen-bond donors (Lipinski definition) is 2. The number of aliphatic carboxylic acids is 2. The number of benzene rings is 2. The molecule has 0 unspecified atom stereocenters. The number of amides is 1. The molecule has 2 N–H and O–H groups in total. The molecule has 0 radical (unpaired) electrons. The first-order valence-electron chi connectivity index (χ1n) is 11.2. The molecule has 1 fully saturated rings. The van der Waals surface area contributed by atoms with E-state index in [4.69, 9.17) is 14.9 Å². The summed E-state index contributed by atoms with van der Waals surface area (Å²) in [6.07, 6.45) is 4.19. The van der Waals surface area contributed by atoms with Crippen LogP contribution in [-0.4, -0.2) is 72.4 Å². The molecule has 1 aliphatic rings. The zero-order valence-electron chi connectivity index (χ0n) is 19.4. The van der Waals surface area contributed by atoms with E-state index in [9.17, 15) is 14.4 Å². The summed E-state index contributed by atoms with van der Waals surface area (Å²) in [5.41, 5.74) is 2.35. The Kier molecular flexibility index (Phi) is 11.5. The minimum absolute atomic E-state index is 0.0430. The van der Waals surface area contributed by atoms with Crippen LogP contribution in [0.25, 0.3) is 0 Å². The fourth-order valence-electron chi connectivity index (χ4n) is 3.82. The second kappa shape index (κ2) is 14.6. The lowest BCUT2D eigenvalue weighted by molar-refractivity contribution is -0.134. The topological polar surface area (TPSA) is 107 Å². The van der Waals surface area contributed by atoms with Gasteiger partial charge >= 0.3 is 11.9 Å². The summed E-state index contributed by atoms with van der Waals surface area (Å²) in [5, 5.41) is 15.6. The Hall–Kier alpha value is -3.49. The van der Waals surface area contributed by atoms with Crippen LogP contribution in [0.3, 0.4) is 0 Å². The number of para-hydroxylation sites is 1. The van der Waals surface area contributed by atoms with Crippen LogP contribution in [0.2, 0.25) is 0 Å². The van der Waals surface area contributed by atoms with E-state index in [1.807, 2.05) is 35.2 Å². The third kappa shape index (κ3) is 9.56. The van der Waals surface area contributed by atoms with Gasteiger partial charge < -0.3 is 24.7 Å². The van der Waals surface area contributed by atoms with Gasteiger partial charge in [-0.15, -0.1) is 0 Å². The Morgan fingerprint density at radius 3 is 1.97 bits per heavy atom. The molecule has 34 heavy (non-hydrogen) atoms. The zero-order valence-corrected chi connectivity index (χ0v) is 19.4. The Bertz CT molecular complexity index is 909. The van der Waals surface area contributed by atoms with Gasteiger partial charge in [0.1, 0.15) is 6.61 Å². The second-order valence-electron chi connectivity index (χ2n) is 7.85. The summed E-state index contributed by atoms with van der Waals surface area (Å²) in [6, 6.07) is 20.8. The molecule has 182 valence electrons. The van der Waals surface area contributed by atoms with Gasteiger partial charge in [0.25, 0.3) is 5.91 Å². The van der Waals surface area contributed by atoms with Gasteiger partial charge in [-0.3, -0.25) is 4.79 Å². The number of hydrogen-bond acceptors (Lipinski definition) is 5. The SMILES string of the molecule is COCC(=O)N(c1ccccc1)C1CCN(CCc2ccccc2)CC1.O=C(O)/C=C/C(=O)O. The fourth-order valence-corrected chi connectivity index (χ4v) is 3.82. The Morgan fingerprint density at radius 2 is 1.47 bits per heavy atom. The molecule has 1 amide bonds. The van der Waals surface area contributed by atoms with E-state index in [1.165, 1.54) is 5.56 Å². The highest BCUT2D eigenvalue weighted by Crippen LogP contribution is 2.24. The number of carboxylic acids is 2. The summed E-state index contributed by atoms with van der Waals surface area (Å²) >= 11 is 0. The molecule has 8 nitrogen and oxygen atoms in total. The molecular formula is C26H32N2O6. The van der Waals surface area contributed by atoms with Gasteiger partial charge in [0, 0.05) is 50.6 Å². The van der Waals surface area contributed by atoms with Crippen molar-refractivity contribution in [1.29, 1.82) is 0 Å². The Labute approximate surface area is 200 Å². The van der Waals surface area contributed by atoms with Gasteiger partial charge in [0.15, 0.2) is 0 Å². The summed E-state index contributed by atoms with van der Waals surface area (Å²) in [5.74, 6) is -2.47. The van der Waals surface area contributed by atoms with Crippen LogP contribution in [0.1, 0.15) is 18.4 Å². The average Bonchev–Trinajstić information content (AvgIpc) is 2.84. The summed E-state index contributed by atoms with van der Waals surface area (Å²) in [4.78, 5) is 36.2. The molecule has 0 saturated carbocycles. The Morgan fingerprint density at radius 1 is 0.941 bits per heavy atom. The van der Waals surface area contributed by atoms with Crippen LogP contribution in [-0.2, 0) is 25.5 Å². The lowest BCUT2D eigenvalue weighted by atomic mass is 10.0. The van der Waals surface area contributed by atoms with Gasteiger partial charge in [-0.25, -0.2) is 9.59 Å². The molecule has 1 heterocycles. The van der Waals surface area contributed by atoms with Gasteiger partial charge in [0.05, 0.1) is 0 Å². The van der Waals surface area contributed by atoms with Crippen LogP contribution in [0, 0.1) is 0 Å². The van der Waals surface area contributed by atoms with Crippen LogP contribution in [0.5, 0.6) is 0 Å². The molecule has 0 bridgehead atoms. The first kappa shape index (κ1) is 26.8. The lowest BCUT2D eigenvalue weighted by Crippen LogP contribution is -2.49. The molecule has 2 aromatic carbocycles. The summed E-state index contributed by atoms with van der Waals surface area (Å²) < 4.78 is 5.10. The molecule has 2 aromatic rings. The number of likely N-dealkylation sites (tertiary alicyclic amines) is 1. The monoisotopic (exact) mass is 468 g/mol. The molecule has 8 heteroatoms. The van der Waals surface area contributed by atoms with Crippen LogP contribution >= 0.6 is 0 Å². The molecule has 0 spiro atoms. The summed E-state index contributed by atoms with van der Waals surface area (Å²) in [6.45, 7) is 3.26. The van der Waals surface area contributed by atoms with E-state index >= 15 is 0 Å². The molecule has 0 aromatic heterocycles. The molecule has 1 saturated heterocycles. The lowest BCUT2D eigenvalue weighted by Gasteiger charge is -2.38.